The molecule has 0 amide bonds. The van der Waals surface area contributed by atoms with Crippen LogP contribution in [0.25, 0.3) is 0 Å². The zero-order valence-electron chi connectivity index (χ0n) is 16.4. The summed E-state index contributed by atoms with van der Waals surface area (Å²) in [5.41, 5.74) is 0. The summed E-state index contributed by atoms with van der Waals surface area (Å²) in [5.74, 6) is 0. The molecule has 0 fully saturated rings. The minimum atomic E-state index is -5.27. The number of hydrogen-bond donors (Lipinski definition) is 2. The zero-order chi connectivity index (χ0) is 19.0. The molecular weight excluding hydrogens is 411 g/mol. The van der Waals surface area contributed by atoms with Gasteiger partial charge >= 0.3 is 155 Å². The molecule has 9 heteroatoms. The Bertz CT molecular complexity index is 313. The molecule has 0 aliphatic carbocycles. The Hall–Kier alpha value is 0.820. The Balaban J connectivity index is 5.57. The fourth-order valence-electron chi connectivity index (χ4n) is 1.64. The predicted octanol–water partition coefficient (Wildman–Crippen LogP) is 3.11. The van der Waals surface area contributed by atoms with Crippen LogP contribution in [0.3, 0.4) is 0 Å². The van der Waals surface area contributed by atoms with Gasteiger partial charge < -0.3 is 0 Å². The van der Waals surface area contributed by atoms with Gasteiger partial charge in [0.25, 0.3) is 0 Å². The third kappa shape index (κ3) is 10.1. The summed E-state index contributed by atoms with van der Waals surface area (Å²) < 4.78 is 49.4. The van der Waals surface area contributed by atoms with Crippen LogP contribution < -0.4 is 0 Å². The van der Waals surface area contributed by atoms with E-state index in [4.69, 9.17) is 18.6 Å². The van der Waals surface area contributed by atoms with Gasteiger partial charge in [-0.1, -0.05) is 0 Å². The third-order valence-electron chi connectivity index (χ3n) is 3.41. The molecule has 146 valence electrons. The maximum atomic E-state index is 10.3. The molecular formula is C15H36O7SiZr. The van der Waals surface area contributed by atoms with Crippen LogP contribution in [0.5, 0.6) is 0 Å². The molecule has 0 aliphatic heterocycles. The van der Waals surface area contributed by atoms with E-state index in [1.54, 1.807) is 13.8 Å². The molecule has 2 N–H and O–H groups in total. The zero-order valence-corrected chi connectivity index (χ0v) is 19.8. The summed E-state index contributed by atoms with van der Waals surface area (Å²) in [6.07, 6.45) is 1.17. The standard InChI is InChI=1S/C12H27O4Si.C3H7O.2H2O.Zr/c1-7-10(4)14-17(13,15-11(5)8-2)16-12(6)9-3;1-3(2)4;;;/h10-12H,7-9H2,1-6H3;3H,1-2H3;2*1H2;/q2*-1;;;+4/p-2. The first kappa shape index (κ1) is 24.8. The van der Waals surface area contributed by atoms with Gasteiger partial charge in [0.2, 0.25) is 0 Å². The van der Waals surface area contributed by atoms with Crippen LogP contribution in [0, 0.1) is 0 Å². The van der Waals surface area contributed by atoms with Crippen LogP contribution in [-0.2, 0) is 40.6 Å². The van der Waals surface area contributed by atoms with Crippen molar-refractivity contribution < 1.29 is 47.0 Å². The second kappa shape index (κ2) is 11.5. The topological polar surface area (TPSA) is 86.6 Å². The summed E-state index contributed by atoms with van der Waals surface area (Å²) in [7, 11) is -3.78. The summed E-state index contributed by atoms with van der Waals surface area (Å²) in [4.78, 5) is 0. The van der Waals surface area contributed by atoms with Crippen molar-refractivity contribution in [2.24, 2.45) is 0 Å². The molecule has 0 aromatic heterocycles. The normalized spacial score (nSPS) is 19.1. The Morgan fingerprint density at radius 3 is 1.33 bits per heavy atom. The van der Waals surface area contributed by atoms with Crippen molar-refractivity contribution in [1.82, 2.24) is 0 Å². The summed E-state index contributed by atoms with van der Waals surface area (Å²) >= 11 is -5.27. The molecule has 0 spiro atoms. The van der Waals surface area contributed by atoms with Crippen molar-refractivity contribution >= 4 is 9.05 Å². The Morgan fingerprint density at radius 1 is 0.750 bits per heavy atom. The molecule has 24 heavy (non-hydrogen) atoms. The molecule has 0 aliphatic rings. The van der Waals surface area contributed by atoms with Gasteiger partial charge in [0, 0.05) is 0 Å². The average molecular weight is 448 g/mol. The predicted molar refractivity (Wildman–Crippen MR) is 90.0 cm³/mol. The van der Waals surface area contributed by atoms with Gasteiger partial charge in [0.1, 0.15) is 0 Å². The Labute approximate surface area is 155 Å². The molecule has 7 nitrogen and oxygen atoms in total. The molecule has 0 aromatic rings. The van der Waals surface area contributed by atoms with E-state index in [1.807, 2.05) is 41.5 Å². The molecule has 3 atom stereocenters. The van der Waals surface area contributed by atoms with E-state index >= 15 is 0 Å². The van der Waals surface area contributed by atoms with E-state index < -0.39 is 31.1 Å². The van der Waals surface area contributed by atoms with Crippen molar-refractivity contribution in [2.45, 2.75) is 99.1 Å². The maximum absolute atomic E-state index is 10.3. The molecule has 3 unspecified atom stereocenters. The van der Waals surface area contributed by atoms with Gasteiger partial charge in [-0.25, -0.2) is 0 Å². The summed E-state index contributed by atoms with van der Waals surface area (Å²) in [6.45, 7) is 15.0. The van der Waals surface area contributed by atoms with Gasteiger partial charge in [-0.2, -0.15) is 0 Å². The van der Waals surface area contributed by atoms with Crippen molar-refractivity contribution in [2.75, 3.05) is 0 Å². The first-order valence-corrected chi connectivity index (χ1v) is 14.7. The second-order valence-electron chi connectivity index (χ2n) is 6.33. The molecule has 0 bridgehead atoms. The Kier molecular flexibility index (Phi) is 11.9. The van der Waals surface area contributed by atoms with Gasteiger partial charge in [-0.3, -0.25) is 0 Å². The minimum absolute atomic E-state index is 0.203. The first-order valence-electron chi connectivity index (χ1n) is 8.85. The van der Waals surface area contributed by atoms with E-state index in [0.717, 1.165) is 19.3 Å². The van der Waals surface area contributed by atoms with E-state index in [-0.39, 0.29) is 24.4 Å². The molecule has 0 rings (SSSR count). The van der Waals surface area contributed by atoms with Crippen LogP contribution in [0.15, 0.2) is 0 Å². The fourth-order valence-corrected chi connectivity index (χ4v) is 9.63. The quantitative estimate of drug-likeness (QED) is 0.419. The first-order chi connectivity index (χ1) is 11.0. The summed E-state index contributed by atoms with van der Waals surface area (Å²) in [6, 6.07) is 0. The van der Waals surface area contributed by atoms with E-state index in [2.05, 4.69) is 0 Å². The SMILES string of the molecule is CCC(C)O[Si](OC(C)CC)(OC(C)CC)[O][Zr]([OH])([OH])[O]C(C)C. The monoisotopic (exact) mass is 446 g/mol. The Morgan fingerprint density at radius 2 is 1.08 bits per heavy atom. The van der Waals surface area contributed by atoms with Crippen LogP contribution in [0.4, 0.5) is 0 Å². The fraction of sp³-hybridized carbons (Fsp3) is 1.00. The molecule has 0 aromatic carbocycles. The second-order valence-corrected chi connectivity index (χ2v) is 13.0. The van der Waals surface area contributed by atoms with Gasteiger partial charge in [-0.15, -0.1) is 0 Å². The van der Waals surface area contributed by atoms with Crippen molar-refractivity contribution in [3.63, 3.8) is 0 Å². The van der Waals surface area contributed by atoms with Crippen molar-refractivity contribution in [1.29, 1.82) is 0 Å². The number of hydrogen-bond acceptors (Lipinski definition) is 7. The van der Waals surface area contributed by atoms with Gasteiger partial charge in [0.15, 0.2) is 0 Å². The number of rotatable bonds is 13. The van der Waals surface area contributed by atoms with Crippen molar-refractivity contribution in [3.05, 3.63) is 0 Å². The third-order valence-corrected chi connectivity index (χ3v) is 11.7. The molecule has 0 saturated heterocycles. The molecule has 0 heterocycles. The van der Waals surface area contributed by atoms with Gasteiger partial charge in [-0.05, 0) is 0 Å². The van der Waals surface area contributed by atoms with Crippen LogP contribution in [0.2, 0.25) is 0 Å². The molecule has 0 radical (unpaired) electrons. The van der Waals surface area contributed by atoms with Crippen LogP contribution in [0.1, 0.15) is 74.7 Å². The van der Waals surface area contributed by atoms with E-state index in [0.29, 0.717) is 0 Å². The van der Waals surface area contributed by atoms with Crippen LogP contribution >= 0.6 is 0 Å². The van der Waals surface area contributed by atoms with Gasteiger partial charge in [0.05, 0.1) is 0 Å². The summed E-state index contributed by atoms with van der Waals surface area (Å²) in [5, 5.41) is 0. The van der Waals surface area contributed by atoms with Crippen molar-refractivity contribution in [3.8, 4) is 0 Å². The van der Waals surface area contributed by atoms with E-state index in [1.165, 1.54) is 0 Å². The average Bonchev–Trinajstić information content (AvgIpc) is 2.44. The van der Waals surface area contributed by atoms with E-state index in [9.17, 15) is 6.37 Å². The molecule has 0 saturated carbocycles. The van der Waals surface area contributed by atoms with Crippen LogP contribution in [-0.4, -0.2) is 39.8 Å².